The molecule has 1 aromatic heterocycles. The number of carbonyl (C=O) groups excluding carboxylic acids is 1. The molecule has 0 atom stereocenters. The van der Waals surface area contributed by atoms with Gasteiger partial charge in [-0.25, -0.2) is 0 Å². The molecule has 0 saturated heterocycles. The Balaban J connectivity index is 1.42. The Morgan fingerprint density at radius 1 is 0.970 bits per heavy atom. The van der Waals surface area contributed by atoms with E-state index in [0.717, 1.165) is 42.6 Å². The van der Waals surface area contributed by atoms with Gasteiger partial charge in [-0.3, -0.25) is 9.78 Å². The van der Waals surface area contributed by atoms with E-state index >= 15 is 0 Å². The summed E-state index contributed by atoms with van der Waals surface area (Å²) in [4.78, 5) is 17.6. The number of pyridine rings is 1. The highest BCUT2D eigenvalue weighted by Crippen LogP contribution is 2.32. The number of aromatic nitrogens is 1. The number of rotatable bonds is 5. The maximum absolute atomic E-state index is 12.6. The number of aryl methyl sites for hydroxylation is 1. The maximum atomic E-state index is 12.6. The Hall–Kier alpha value is -3.08. The molecule has 0 radical (unpaired) electrons. The first-order valence-corrected chi connectivity index (χ1v) is 11.9. The van der Waals surface area contributed by atoms with Gasteiger partial charge in [0.2, 0.25) is 0 Å². The number of hydrogen-bond acceptors (Lipinski definition) is 4. The number of carbonyl (C=O) groups is 1. The summed E-state index contributed by atoms with van der Waals surface area (Å²) in [7, 11) is 1.63. The SMILES string of the molecule is COc1ccc(C(=O)NC2CCC(Nc3cc(C(C)(C)C)nc4ccc(C)cc34)CC2)cc1. The van der Waals surface area contributed by atoms with Crippen molar-refractivity contribution in [2.45, 2.75) is 70.9 Å². The molecule has 5 heteroatoms. The van der Waals surface area contributed by atoms with E-state index in [1.54, 1.807) is 7.11 Å². The molecular formula is C28H35N3O2. The molecule has 1 aliphatic carbocycles. The van der Waals surface area contributed by atoms with Crippen LogP contribution in [0.1, 0.15) is 68.1 Å². The molecule has 0 aliphatic heterocycles. The van der Waals surface area contributed by atoms with Gasteiger partial charge in [0.15, 0.2) is 0 Å². The lowest BCUT2D eigenvalue weighted by atomic mass is 9.89. The summed E-state index contributed by atoms with van der Waals surface area (Å²) in [5.74, 6) is 0.742. The van der Waals surface area contributed by atoms with E-state index in [4.69, 9.17) is 9.72 Å². The van der Waals surface area contributed by atoms with Gasteiger partial charge in [0.25, 0.3) is 5.91 Å². The van der Waals surface area contributed by atoms with Crippen molar-refractivity contribution in [1.82, 2.24) is 10.3 Å². The molecule has 2 N–H and O–H groups in total. The average Bonchev–Trinajstić information content (AvgIpc) is 2.80. The predicted octanol–water partition coefficient (Wildman–Crippen LogP) is 6.00. The van der Waals surface area contributed by atoms with Crippen LogP contribution in [-0.4, -0.2) is 30.1 Å². The van der Waals surface area contributed by atoms with Crippen molar-refractivity contribution in [3.05, 3.63) is 65.4 Å². The van der Waals surface area contributed by atoms with Gasteiger partial charge < -0.3 is 15.4 Å². The second-order valence-electron chi connectivity index (χ2n) is 10.2. The van der Waals surface area contributed by atoms with Crippen LogP contribution >= 0.6 is 0 Å². The summed E-state index contributed by atoms with van der Waals surface area (Å²) >= 11 is 0. The molecule has 174 valence electrons. The predicted molar refractivity (Wildman–Crippen MR) is 135 cm³/mol. The molecule has 0 unspecified atom stereocenters. The Kier molecular flexibility index (Phi) is 6.59. The molecule has 3 aromatic rings. The molecule has 1 amide bonds. The lowest BCUT2D eigenvalue weighted by molar-refractivity contribution is 0.0926. The van der Waals surface area contributed by atoms with Crippen molar-refractivity contribution < 1.29 is 9.53 Å². The highest BCUT2D eigenvalue weighted by atomic mass is 16.5. The van der Waals surface area contributed by atoms with E-state index in [1.807, 2.05) is 24.3 Å². The summed E-state index contributed by atoms with van der Waals surface area (Å²) in [5.41, 5.74) is 5.20. The van der Waals surface area contributed by atoms with Gasteiger partial charge in [-0.2, -0.15) is 0 Å². The van der Waals surface area contributed by atoms with Crippen molar-refractivity contribution >= 4 is 22.5 Å². The smallest absolute Gasteiger partial charge is 0.251 e. The number of anilines is 1. The van der Waals surface area contributed by atoms with Crippen LogP contribution in [0, 0.1) is 6.92 Å². The molecule has 1 aliphatic rings. The summed E-state index contributed by atoms with van der Waals surface area (Å²) in [6, 6.07) is 16.5. The second kappa shape index (κ2) is 9.42. The van der Waals surface area contributed by atoms with Gasteiger partial charge in [0.05, 0.1) is 12.6 Å². The van der Waals surface area contributed by atoms with Gasteiger partial charge in [0, 0.05) is 39.8 Å². The highest BCUT2D eigenvalue weighted by molar-refractivity contribution is 5.94. The zero-order chi connectivity index (χ0) is 23.6. The van der Waals surface area contributed by atoms with Gasteiger partial charge in [-0.05, 0) is 75.1 Å². The van der Waals surface area contributed by atoms with Crippen LogP contribution in [0.5, 0.6) is 5.75 Å². The zero-order valence-electron chi connectivity index (χ0n) is 20.4. The first-order chi connectivity index (χ1) is 15.7. The molecule has 5 nitrogen and oxygen atoms in total. The fourth-order valence-corrected chi connectivity index (χ4v) is 4.46. The number of fused-ring (bicyclic) bond motifs is 1. The normalized spacial score (nSPS) is 18.7. The molecule has 0 spiro atoms. The van der Waals surface area contributed by atoms with Crippen molar-refractivity contribution in [3.63, 3.8) is 0 Å². The number of methoxy groups -OCH3 is 1. The van der Waals surface area contributed by atoms with E-state index in [0.29, 0.717) is 11.6 Å². The topological polar surface area (TPSA) is 63.2 Å². The number of nitrogens with zero attached hydrogens (tertiary/aromatic N) is 1. The minimum Gasteiger partial charge on any atom is -0.497 e. The third-order valence-electron chi connectivity index (χ3n) is 6.51. The summed E-state index contributed by atoms with van der Waals surface area (Å²) in [6.45, 7) is 8.74. The maximum Gasteiger partial charge on any atom is 0.251 e. The molecule has 4 rings (SSSR count). The van der Waals surface area contributed by atoms with Crippen molar-refractivity contribution in [2.24, 2.45) is 0 Å². The van der Waals surface area contributed by atoms with E-state index in [2.05, 4.69) is 62.6 Å². The monoisotopic (exact) mass is 445 g/mol. The first-order valence-electron chi connectivity index (χ1n) is 11.9. The standard InChI is InChI=1S/C28H35N3O2/c1-18-6-15-24-23(16-18)25(17-26(31-24)28(2,3)4)29-20-9-11-21(12-10-20)30-27(32)19-7-13-22(33-5)14-8-19/h6-8,13-17,20-21H,9-12H2,1-5H3,(H,29,31)(H,30,32). The number of nitrogens with one attached hydrogen (secondary N) is 2. The summed E-state index contributed by atoms with van der Waals surface area (Å²) in [5, 5.41) is 8.20. The molecule has 33 heavy (non-hydrogen) atoms. The molecule has 0 bridgehead atoms. The highest BCUT2D eigenvalue weighted by Gasteiger charge is 2.24. The van der Waals surface area contributed by atoms with Crippen LogP contribution in [-0.2, 0) is 5.41 Å². The first kappa shape index (κ1) is 23.1. The minimum absolute atomic E-state index is 0.0144. The van der Waals surface area contributed by atoms with Crippen molar-refractivity contribution in [1.29, 1.82) is 0 Å². The largest absolute Gasteiger partial charge is 0.497 e. The lowest BCUT2D eigenvalue weighted by Gasteiger charge is -2.31. The number of amides is 1. The fraction of sp³-hybridized carbons (Fsp3) is 0.429. The van der Waals surface area contributed by atoms with E-state index in [1.165, 1.54) is 16.6 Å². The van der Waals surface area contributed by atoms with Crippen molar-refractivity contribution in [2.75, 3.05) is 12.4 Å². The summed E-state index contributed by atoms with van der Waals surface area (Å²) < 4.78 is 5.18. The molecule has 1 heterocycles. The molecular weight excluding hydrogens is 410 g/mol. The van der Waals surface area contributed by atoms with Crippen LogP contribution in [0.15, 0.2) is 48.5 Å². The van der Waals surface area contributed by atoms with Crippen LogP contribution in [0.2, 0.25) is 0 Å². The zero-order valence-corrected chi connectivity index (χ0v) is 20.4. The Bertz CT molecular complexity index is 1120. The van der Waals surface area contributed by atoms with Gasteiger partial charge in [0.1, 0.15) is 5.75 Å². The number of benzene rings is 2. The average molecular weight is 446 g/mol. The number of ether oxygens (including phenoxy) is 1. The van der Waals surface area contributed by atoms with E-state index < -0.39 is 0 Å². The number of hydrogen-bond donors (Lipinski definition) is 2. The van der Waals surface area contributed by atoms with Crippen LogP contribution in [0.4, 0.5) is 5.69 Å². The minimum atomic E-state index is -0.0150. The summed E-state index contributed by atoms with van der Waals surface area (Å²) in [6.07, 6.45) is 3.98. The Morgan fingerprint density at radius 2 is 1.64 bits per heavy atom. The Morgan fingerprint density at radius 3 is 2.27 bits per heavy atom. The third-order valence-corrected chi connectivity index (χ3v) is 6.51. The van der Waals surface area contributed by atoms with Gasteiger partial charge in [-0.15, -0.1) is 0 Å². The molecule has 2 aromatic carbocycles. The third kappa shape index (κ3) is 5.47. The molecule has 1 fully saturated rings. The van der Waals surface area contributed by atoms with Crippen molar-refractivity contribution in [3.8, 4) is 5.75 Å². The van der Waals surface area contributed by atoms with Gasteiger partial charge in [-0.1, -0.05) is 32.4 Å². The molecule has 1 saturated carbocycles. The van der Waals surface area contributed by atoms with Crippen LogP contribution in [0.25, 0.3) is 10.9 Å². The second-order valence-corrected chi connectivity index (χ2v) is 10.2. The fourth-order valence-electron chi connectivity index (χ4n) is 4.46. The Labute approximate surface area is 197 Å². The van der Waals surface area contributed by atoms with E-state index in [-0.39, 0.29) is 17.4 Å². The lowest BCUT2D eigenvalue weighted by Crippen LogP contribution is -2.40. The van der Waals surface area contributed by atoms with Gasteiger partial charge >= 0.3 is 0 Å². The quantitative estimate of drug-likeness (QED) is 0.505. The van der Waals surface area contributed by atoms with Crippen LogP contribution in [0.3, 0.4) is 0 Å². The van der Waals surface area contributed by atoms with E-state index in [9.17, 15) is 4.79 Å². The van der Waals surface area contributed by atoms with Crippen LogP contribution < -0.4 is 15.4 Å².